The molecule has 7 nitrogen and oxygen atoms in total. The van der Waals surface area contributed by atoms with E-state index < -0.39 is 13.9 Å². The Morgan fingerprint density at radius 3 is 1.26 bits per heavy atom. The molecule has 0 heterocycles. The Morgan fingerprint density at radius 1 is 0.535 bits per heavy atom. The number of hydrogen-bond donors (Lipinski definition) is 2. The number of phosphoric acid groups is 1. The van der Waals surface area contributed by atoms with Crippen LogP contribution in [-0.2, 0) is 23.4 Å². The molecule has 0 fully saturated rings. The summed E-state index contributed by atoms with van der Waals surface area (Å²) in [7, 11) is -4.64. The van der Waals surface area contributed by atoms with E-state index in [0.29, 0.717) is 13.0 Å². The van der Waals surface area contributed by atoms with E-state index in [1.165, 1.54) is 141 Å². The topological polar surface area (TPSA) is 102 Å². The summed E-state index contributed by atoms with van der Waals surface area (Å²) >= 11 is 0. The molecule has 8 heteroatoms. The van der Waals surface area contributed by atoms with E-state index in [-0.39, 0.29) is 19.2 Å². The first-order valence-electron chi connectivity index (χ1n) is 18.4. The maximum absolute atomic E-state index is 12.3. The van der Waals surface area contributed by atoms with Crippen LogP contribution in [0.3, 0.4) is 0 Å². The lowest BCUT2D eigenvalue weighted by Gasteiger charge is -2.18. The third kappa shape index (κ3) is 35.9. The van der Waals surface area contributed by atoms with Crippen LogP contribution in [0.15, 0.2) is 0 Å². The van der Waals surface area contributed by atoms with E-state index in [4.69, 9.17) is 19.3 Å². The molecule has 0 rings (SSSR count). The molecule has 43 heavy (non-hydrogen) atoms. The van der Waals surface area contributed by atoms with Gasteiger partial charge in [-0.05, 0) is 12.8 Å². The second kappa shape index (κ2) is 32.9. The molecule has 0 aliphatic heterocycles. The van der Waals surface area contributed by atoms with Gasteiger partial charge in [-0.3, -0.25) is 9.32 Å². The van der Waals surface area contributed by atoms with Gasteiger partial charge in [0.05, 0.1) is 13.2 Å². The van der Waals surface area contributed by atoms with Crippen LogP contribution in [0.2, 0.25) is 0 Å². The van der Waals surface area contributed by atoms with E-state index in [0.717, 1.165) is 32.1 Å². The van der Waals surface area contributed by atoms with Crippen molar-refractivity contribution in [3.05, 3.63) is 0 Å². The quantitative estimate of drug-likeness (QED) is 0.0406. The highest BCUT2D eigenvalue weighted by Crippen LogP contribution is 2.36. The van der Waals surface area contributed by atoms with Gasteiger partial charge < -0.3 is 19.3 Å². The Morgan fingerprint density at radius 2 is 0.884 bits per heavy atom. The maximum atomic E-state index is 12.3. The molecule has 0 aliphatic carbocycles. The molecule has 0 aliphatic rings. The Kier molecular flexibility index (Phi) is 32.6. The van der Waals surface area contributed by atoms with Gasteiger partial charge >= 0.3 is 13.8 Å². The fourth-order valence-corrected chi connectivity index (χ4v) is 5.80. The predicted octanol–water partition coefficient (Wildman–Crippen LogP) is 11.0. The molecule has 2 N–H and O–H groups in total. The summed E-state index contributed by atoms with van der Waals surface area (Å²) in [5.41, 5.74) is 0. The van der Waals surface area contributed by atoms with Gasteiger partial charge in [-0.15, -0.1) is 0 Å². The van der Waals surface area contributed by atoms with Crippen molar-refractivity contribution >= 4 is 13.8 Å². The fourth-order valence-electron chi connectivity index (χ4n) is 5.44. The lowest BCUT2D eigenvalue weighted by Crippen LogP contribution is -2.28. The zero-order chi connectivity index (χ0) is 31.7. The first-order chi connectivity index (χ1) is 20.9. The zero-order valence-electron chi connectivity index (χ0n) is 28.4. The fraction of sp³-hybridized carbons (Fsp3) is 0.971. The standard InChI is InChI=1S/C35H71O7P/c1-3-5-7-9-11-13-15-17-19-21-23-25-27-29-31-40-32-34(33-41-43(37,38)39)42-35(36)30-28-26-24-22-20-18-16-14-12-10-8-6-4-2/h34H,3-33H2,1-2H3,(H2,37,38,39)/t34-/m1/s1. The Balaban J connectivity index is 3.80. The number of phosphoric ester groups is 1. The molecule has 0 aromatic carbocycles. The summed E-state index contributed by atoms with van der Waals surface area (Å²) in [6, 6.07) is 0. The van der Waals surface area contributed by atoms with Crippen LogP contribution in [0.5, 0.6) is 0 Å². The highest BCUT2D eigenvalue weighted by atomic mass is 31.2. The average Bonchev–Trinajstić information content (AvgIpc) is 2.97. The minimum atomic E-state index is -4.64. The van der Waals surface area contributed by atoms with Crippen LogP contribution >= 0.6 is 7.82 Å². The number of carbonyl (C=O) groups is 1. The van der Waals surface area contributed by atoms with E-state index in [2.05, 4.69) is 18.4 Å². The molecule has 0 aromatic heterocycles. The van der Waals surface area contributed by atoms with Crippen LogP contribution in [0, 0.1) is 0 Å². The summed E-state index contributed by atoms with van der Waals surface area (Å²) in [6.07, 6.45) is 33.7. The first-order valence-corrected chi connectivity index (χ1v) is 19.9. The summed E-state index contributed by atoms with van der Waals surface area (Å²) in [5.74, 6) is -0.359. The lowest BCUT2D eigenvalue weighted by atomic mass is 10.0. The van der Waals surface area contributed by atoms with Crippen LogP contribution in [0.1, 0.15) is 194 Å². The Bertz CT molecular complexity index is 625. The van der Waals surface area contributed by atoms with Crippen molar-refractivity contribution in [3.63, 3.8) is 0 Å². The molecule has 0 radical (unpaired) electrons. The summed E-state index contributed by atoms with van der Waals surface area (Å²) in [5, 5.41) is 0. The molecular formula is C35H71O7P. The highest BCUT2D eigenvalue weighted by Gasteiger charge is 2.21. The normalized spacial score (nSPS) is 12.6. The summed E-state index contributed by atoms with van der Waals surface area (Å²) < 4.78 is 26.9. The molecule has 0 saturated heterocycles. The third-order valence-electron chi connectivity index (χ3n) is 8.16. The van der Waals surface area contributed by atoms with Crippen molar-refractivity contribution in [2.45, 2.75) is 200 Å². The molecule has 0 aromatic rings. The Hall–Kier alpha value is -0.460. The maximum Gasteiger partial charge on any atom is 0.469 e. The van der Waals surface area contributed by atoms with Gasteiger partial charge in [0.2, 0.25) is 0 Å². The SMILES string of the molecule is CCCCCCCCCCCCCCCCOC[C@H](COP(=O)(O)O)OC(=O)CCCCCCCCCCCCCCC. The van der Waals surface area contributed by atoms with Crippen LogP contribution in [-0.4, -0.2) is 41.7 Å². The highest BCUT2D eigenvalue weighted by molar-refractivity contribution is 7.46. The lowest BCUT2D eigenvalue weighted by molar-refractivity contribution is -0.154. The van der Waals surface area contributed by atoms with E-state index >= 15 is 0 Å². The summed E-state index contributed by atoms with van der Waals surface area (Å²) in [6.45, 7) is 4.78. The van der Waals surface area contributed by atoms with E-state index in [1.54, 1.807) is 0 Å². The average molecular weight is 635 g/mol. The monoisotopic (exact) mass is 634 g/mol. The molecule has 0 amide bonds. The van der Waals surface area contributed by atoms with Crippen molar-refractivity contribution in [3.8, 4) is 0 Å². The van der Waals surface area contributed by atoms with Gasteiger partial charge in [0, 0.05) is 13.0 Å². The molecular weight excluding hydrogens is 563 g/mol. The predicted molar refractivity (Wildman–Crippen MR) is 179 cm³/mol. The largest absolute Gasteiger partial charge is 0.469 e. The van der Waals surface area contributed by atoms with Gasteiger partial charge in [-0.2, -0.15) is 0 Å². The number of carbonyl (C=O) groups excluding carboxylic acids is 1. The molecule has 1 atom stereocenters. The number of rotatable bonds is 35. The second-order valence-corrected chi connectivity index (χ2v) is 13.8. The Labute approximate surface area is 266 Å². The first kappa shape index (κ1) is 42.5. The van der Waals surface area contributed by atoms with Gasteiger partial charge in [-0.25, -0.2) is 4.57 Å². The van der Waals surface area contributed by atoms with E-state index in [9.17, 15) is 9.36 Å². The van der Waals surface area contributed by atoms with E-state index in [1.807, 2.05) is 0 Å². The molecule has 0 spiro atoms. The minimum absolute atomic E-state index is 0.0861. The minimum Gasteiger partial charge on any atom is -0.457 e. The van der Waals surface area contributed by atoms with Crippen molar-refractivity contribution in [1.82, 2.24) is 0 Å². The zero-order valence-corrected chi connectivity index (χ0v) is 29.3. The molecule has 0 bridgehead atoms. The van der Waals surface area contributed by atoms with Crippen molar-refractivity contribution < 1.29 is 33.1 Å². The number of esters is 1. The van der Waals surface area contributed by atoms with Crippen molar-refractivity contribution in [2.75, 3.05) is 19.8 Å². The third-order valence-corrected chi connectivity index (χ3v) is 8.64. The van der Waals surface area contributed by atoms with Gasteiger partial charge in [0.1, 0.15) is 6.10 Å². The van der Waals surface area contributed by atoms with Crippen LogP contribution in [0.4, 0.5) is 0 Å². The molecule has 258 valence electrons. The van der Waals surface area contributed by atoms with Gasteiger partial charge in [-0.1, -0.05) is 174 Å². The smallest absolute Gasteiger partial charge is 0.457 e. The van der Waals surface area contributed by atoms with Gasteiger partial charge in [0.15, 0.2) is 0 Å². The summed E-state index contributed by atoms with van der Waals surface area (Å²) in [4.78, 5) is 30.4. The van der Waals surface area contributed by atoms with Gasteiger partial charge in [0.25, 0.3) is 0 Å². The van der Waals surface area contributed by atoms with Crippen LogP contribution < -0.4 is 0 Å². The number of hydrogen-bond acceptors (Lipinski definition) is 5. The molecule has 0 saturated carbocycles. The number of unbranched alkanes of at least 4 members (excludes halogenated alkanes) is 25. The van der Waals surface area contributed by atoms with Crippen LogP contribution in [0.25, 0.3) is 0 Å². The van der Waals surface area contributed by atoms with Crippen molar-refractivity contribution in [2.24, 2.45) is 0 Å². The molecule has 0 unspecified atom stereocenters. The number of ether oxygens (including phenoxy) is 2. The second-order valence-electron chi connectivity index (χ2n) is 12.6. The van der Waals surface area contributed by atoms with Crippen molar-refractivity contribution in [1.29, 1.82) is 0 Å².